The quantitative estimate of drug-likeness (QED) is 0.530. The smallest absolute Gasteiger partial charge is 0.330 e. The van der Waals surface area contributed by atoms with Gasteiger partial charge in [0.1, 0.15) is 5.56 Å². The van der Waals surface area contributed by atoms with Crippen molar-refractivity contribution in [2.24, 2.45) is 7.05 Å². The lowest BCUT2D eigenvalue weighted by Gasteiger charge is -2.25. The number of hydrogen-bond acceptors (Lipinski definition) is 4. The van der Waals surface area contributed by atoms with Crippen LogP contribution in [0, 0.1) is 0 Å². The second-order valence-electron chi connectivity index (χ2n) is 5.90. The zero-order valence-electron chi connectivity index (χ0n) is 12.8. The van der Waals surface area contributed by atoms with Crippen molar-refractivity contribution in [3.05, 3.63) is 60.9 Å². The number of hydrogen-bond donors (Lipinski definition) is 4. The minimum Gasteiger partial charge on any atom is -0.494 e. The first-order valence-corrected chi connectivity index (χ1v) is 7.90. The first kappa shape index (κ1) is 15.0. The first-order chi connectivity index (χ1) is 11.5. The molecule has 1 aliphatic heterocycles. The van der Waals surface area contributed by atoms with Crippen LogP contribution < -0.4 is 16.6 Å². The van der Waals surface area contributed by atoms with Gasteiger partial charge in [-0.3, -0.25) is 14.3 Å². The molecule has 3 heterocycles. The van der Waals surface area contributed by atoms with Gasteiger partial charge >= 0.3 is 5.69 Å². The van der Waals surface area contributed by atoms with Crippen molar-refractivity contribution in [2.45, 2.75) is 12.5 Å². The van der Waals surface area contributed by atoms with Crippen LogP contribution in [0.5, 0.6) is 5.88 Å². The highest BCUT2D eigenvalue weighted by atomic mass is 35.5. The molecule has 0 bridgehead atoms. The molecule has 4 rings (SSSR count). The van der Waals surface area contributed by atoms with Crippen LogP contribution in [0.1, 0.15) is 22.9 Å². The van der Waals surface area contributed by atoms with E-state index in [1.807, 2.05) is 12.1 Å². The molecule has 24 heavy (non-hydrogen) atoms. The number of H-pyrrole nitrogens is 2. The van der Waals surface area contributed by atoms with E-state index in [2.05, 4.69) is 15.3 Å². The zero-order chi connectivity index (χ0) is 17.0. The van der Waals surface area contributed by atoms with Gasteiger partial charge in [0.15, 0.2) is 0 Å². The lowest BCUT2D eigenvalue weighted by Crippen LogP contribution is -2.38. The number of aromatic nitrogens is 3. The van der Waals surface area contributed by atoms with E-state index in [1.54, 1.807) is 6.07 Å². The molecule has 0 saturated heterocycles. The average Bonchev–Trinajstić information content (AvgIpc) is 2.92. The Kier molecular flexibility index (Phi) is 3.29. The molecule has 0 amide bonds. The van der Waals surface area contributed by atoms with Crippen molar-refractivity contribution >= 4 is 22.5 Å². The van der Waals surface area contributed by atoms with Crippen molar-refractivity contribution in [3.63, 3.8) is 0 Å². The molecule has 0 spiro atoms. The van der Waals surface area contributed by atoms with Crippen LogP contribution in [0.4, 0.5) is 0 Å². The van der Waals surface area contributed by atoms with Crippen molar-refractivity contribution in [3.8, 4) is 5.88 Å². The number of rotatable bonds is 1. The number of aromatic hydroxyl groups is 1. The number of benzene rings is 1. The van der Waals surface area contributed by atoms with E-state index in [9.17, 15) is 14.7 Å². The summed E-state index contributed by atoms with van der Waals surface area (Å²) in [6.45, 7) is 0.638. The summed E-state index contributed by atoms with van der Waals surface area (Å²) in [4.78, 5) is 29.5. The van der Waals surface area contributed by atoms with E-state index in [0.29, 0.717) is 11.6 Å². The van der Waals surface area contributed by atoms with E-state index in [-0.39, 0.29) is 11.4 Å². The van der Waals surface area contributed by atoms with E-state index >= 15 is 0 Å². The van der Waals surface area contributed by atoms with Gasteiger partial charge in [-0.25, -0.2) is 4.79 Å². The summed E-state index contributed by atoms with van der Waals surface area (Å²) in [7, 11) is 1.41. The van der Waals surface area contributed by atoms with Crippen LogP contribution in [-0.2, 0) is 13.5 Å². The zero-order valence-corrected chi connectivity index (χ0v) is 13.6. The largest absolute Gasteiger partial charge is 0.494 e. The Hall–Kier alpha value is -2.51. The van der Waals surface area contributed by atoms with Gasteiger partial charge in [0, 0.05) is 35.2 Å². The lowest BCUT2D eigenvalue weighted by molar-refractivity contribution is 0.398. The number of halogens is 1. The number of nitrogens with one attached hydrogen (secondary N) is 3. The molecule has 0 unspecified atom stereocenters. The minimum absolute atomic E-state index is 0.121. The molecule has 3 aromatic rings. The molecule has 8 heteroatoms. The second-order valence-corrected chi connectivity index (χ2v) is 6.34. The molecule has 1 aliphatic rings. The molecule has 2 aromatic heterocycles. The van der Waals surface area contributed by atoms with Gasteiger partial charge < -0.3 is 15.4 Å². The van der Waals surface area contributed by atoms with Crippen molar-refractivity contribution in [2.75, 3.05) is 6.54 Å². The maximum Gasteiger partial charge on any atom is 0.330 e. The van der Waals surface area contributed by atoms with Crippen LogP contribution in [0.2, 0.25) is 5.02 Å². The summed E-state index contributed by atoms with van der Waals surface area (Å²) in [6.07, 6.45) is 0.774. The maximum absolute atomic E-state index is 12.3. The minimum atomic E-state index is -0.652. The van der Waals surface area contributed by atoms with Crippen molar-refractivity contribution in [1.29, 1.82) is 0 Å². The van der Waals surface area contributed by atoms with Crippen molar-refractivity contribution < 1.29 is 5.11 Å². The molecule has 1 aromatic carbocycles. The molecule has 0 saturated carbocycles. The fourth-order valence-electron chi connectivity index (χ4n) is 3.33. The highest BCUT2D eigenvalue weighted by Crippen LogP contribution is 2.35. The third kappa shape index (κ3) is 2.09. The molecule has 7 nitrogen and oxygen atoms in total. The van der Waals surface area contributed by atoms with E-state index < -0.39 is 17.3 Å². The number of aromatic amines is 2. The van der Waals surface area contributed by atoms with Crippen LogP contribution in [0.3, 0.4) is 0 Å². The van der Waals surface area contributed by atoms with E-state index in [1.165, 1.54) is 7.05 Å². The normalized spacial score (nSPS) is 17.2. The van der Waals surface area contributed by atoms with Crippen LogP contribution >= 0.6 is 11.6 Å². The molecule has 124 valence electrons. The lowest BCUT2D eigenvalue weighted by atomic mass is 9.95. The fraction of sp³-hybridized carbons (Fsp3) is 0.250. The Morgan fingerprint density at radius 3 is 2.88 bits per heavy atom. The molecule has 1 atom stereocenters. The molecule has 0 aliphatic carbocycles. The molecular formula is C16H15ClN4O3. The average molecular weight is 347 g/mol. The molecule has 0 fully saturated rings. The third-order valence-corrected chi connectivity index (χ3v) is 4.77. The summed E-state index contributed by atoms with van der Waals surface area (Å²) in [5, 5.41) is 15.2. The Bertz CT molecular complexity index is 1080. The van der Waals surface area contributed by atoms with Crippen LogP contribution in [-0.4, -0.2) is 26.2 Å². The number of fused-ring (bicyclic) bond motifs is 3. The predicted octanol–water partition coefficient (Wildman–Crippen LogP) is 1.15. The third-order valence-electron chi connectivity index (χ3n) is 4.53. The SMILES string of the molecule is Cn1c(O)c([C@@H]2NCCc3c2[nH]c2ccc(Cl)cc32)c(=O)[nH]c1=O. The number of nitrogens with zero attached hydrogens (tertiary/aromatic N) is 1. The highest BCUT2D eigenvalue weighted by molar-refractivity contribution is 6.31. The van der Waals surface area contributed by atoms with Gasteiger partial charge in [-0.2, -0.15) is 0 Å². The van der Waals surface area contributed by atoms with Gasteiger partial charge in [0.05, 0.1) is 6.04 Å². The first-order valence-electron chi connectivity index (χ1n) is 7.53. The summed E-state index contributed by atoms with van der Waals surface area (Å²) in [6, 6.07) is 5.04. The maximum atomic E-state index is 12.3. The second kappa shape index (κ2) is 5.25. The monoisotopic (exact) mass is 346 g/mol. The van der Waals surface area contributed by atoms with Crippen LogP contribution in [0.15, 0.2) is 27.8 Å². The van der Waals surface area contributed by atoms with Gasteiger partial charge in [-0.1, -0.05) is 11.6 Å². The van der Waals surface area contributed by atoms with Gasteiger partial charge in [0.2, 0.25) is 5.88 Å². The standard InChI is InChI=1S/C16H15ClN4O3/c1-21-15(23)11(14(22)20-16(21)24)13-12-8(4-5-18-13)9-6-7(17)2-3-10(9)19-12/h2-3,6,13,18-19,23H,4-5H2,1H3,(H,20,22,24)/t13-/m0/s1. The summed E-state index contributed by atoms with van der Waals surface area (Å²) in [5.41, 5.74) is 1.65. The summed E-state index contributed by atoms with van der Waals surface area (Å²) in [5.74, 6) is -0.342. The molecule has 4 N–H and O–H groups in total. The molecular weight excluding hydrogens is 332 g/mol. The van der Waals surface area contributed by atoms with E-state index in [4.69, 9.17) is 11.6 Å². The predicted molar refractivity (Wildman–Crippen MR) is 90.8 cm³/mol. The van der Waals surface area contributed by atoms with Gasteiger partial charge in [-0.15, -0.1) is 0 Å². The van der Waals surface area contributed by atoms with Crippen molar-refractivity contribution in [1.82, 2.24) is 19.9 Å². The summed E-state index contributed by atoms with van der Waals surface area (Å²) >= 11 is 6.10. The van der Waals surface area contributed by atoms with Gasteiger partial charge in [-0.05, 0) is 30.2 Å². The van der Waals surface area contributed by atoms with E-state index in [0.717, 1.165) is 33.1 Å². The Labute approximate surface area is 140 Å². The van der Waals surface area contributed by atoms with Crippen LogP contribution in [0.25, 0.3) is 10.9 Å². The highest BCUT2D eigenvalue weighted by Gasteiger charge is 2.30. The van der Waals surface area contributed by atoms with Gasteiger partial charge in [0.25, 0.3) is 5.56 Å². The molecule has 0 radical (unpaired) electrons. The Balaban J connectivity index is 1.99. The summed E-state index contributed by atoms with van der Waals surface area (Å²) < 4.78 is 1.02. The topological polar surface area (TPSA) is 103 Å². The Morgan fingerprint density at radius 1 is 1.29 bits per heavy atom. The fourth-order valence-corrected chi connectivity index (χ4v) is 3.51. The Morgan fingerprint density at radius 2 is 2.08 bits per heavy atom.